The average Bonchev–Trinajstić information content (AvgIpc) is 2.54. The monoisotopic (exact) mass is 417 g/mol. The van der Waals surface area contributed by atoms with E-state index in [2.05, 4.69) is 15.3 Å². The number of nitrogens with zero attached hydrogens (tertiary/aromatic N) is 2. The van der Waals surface area contributed by atoms with Gasteiger partial charge in [-0.05, 0) is 31.4 Å². The number of hydrogen-bond donors (Lipinski definition) is 3. The molecule has 0 atom stereocenters. The summed E-state index contributed by atoms with van der Waals surface area (Å²) in [7, 11) is 0. The zero-order chi connectivity index (χ0) is 19.3. The van der Waals surface area contributed by atoms with Crippen LogP contribution in [-0.2, 0) is 0 Å². The van der Waals surface area contributed by atoms with E-state index in [-0.39, 0.29) is 21.3 Å². The van der Waals surface area contributed by atoms with E-state index in [0.29, 0.717) is 16.9 Å². The number of rotatable bonds is 4. The number of nitrogens with one attached hydrogen (secondary N) is 1. The van der Waals surface area contributed by atoms with Crippen molar-refractivity contribution >= 4 is 52.6 Å². The molecule has 0 bridgehead atoms. The Morgan fingerprint density at radius 2 is 1.50 bits per heavy atom. The van der Waals surface area contributed by atoms with Crippen LogP contribution in [0.15, 0.2) is 24.5 Å². The molecular weight excluding hydrogens is 405 g/mol. The summed E-state index contributed by atoms with van der Waals surface area (Å²) in [5, 5.41) is 21.1. The molecule has 1 aliphatic carbocycles. The van der Waals surface area contributed by atoms with Crippen molar-refractivity contribution in [3.05, 3.63) is 50.9 Å². The summed E-state index contributed by atoms with van der Waals surface area (Å²) in [6.07, 6.45) is 6.08. The molecule has 0 radical (unpaired) electrons. The van der Waals surface area contributed by atoms with Gasteiger partial charge >= 0.3 is 11.9 Å². The summed E-state index contributed by atoms with van der Waals surface area (Å²) in [6.45, 7) is 0. The van der Waals surface area contributed by atoms with E-state index in [0.717, 1.165) is 12.8 Å². The highest BCUT2D eigenvalue weighted by molar-refractivity contribution is 6.34. The maximum absolute atomic E-state index is 10.9. The molecule has 26 heavy (non-hydrogen) atoms. The molecule has 0 amide bonds. The SMILES string of the molecule is O=C(O)c1cc(Cl)cnc1Cl.O=C(O)c1cc(Cl)cnc1NC1CCC1. The van der Waals surface area contributed by atoms with Gasteiger partial charge in [0, 0.05) is 18.4 Å². The normalized spacial score (nSPS) is 13.2. The highest BCUT2D eigenvalue weighted by atomic mass is 35.5. The van der Waals surface area contributed by atoms with Crippen LogP contribution in [0.1, 0.15) is 40.0 Å². The van der Waals surface area contributed by atoms with Crippen LogP contribution in [-0.4, -0.2) is 38.2 Å². The van der Waals surface area contributed by atoms with E-state index in [1.165, 1.54) is 30.9 Å². The number of hydrogen-bond acceptors (Lipinski definition) is 5. The number of carbonyl (C=O) groups is 2. The first kappa shape index (κ1) is 20.2. The third-order valence-corrected chi connectivity index (χ3v) is 4.28. The molecule has 0 saturated heterocycles. The Morgan fingerprint density at radius 1 is 0.962 bits per heavy atom. The summed E-state index contributed by atoms with van der Waals surface area (Å²) in [4.78, 5) is 28.9. The van der Waals surface area contributed by atoms with Gasteiger partial charge in [-0.1, -0.05) is 34.8 Å². The Bertz CT molecular complexity index is 828. The first-order valence-corrected chi connectivity index (χ1v) is 8.61. The molecule has 0 unspecified atom stereocenters. The summed E-state index contributed by atoms with van der Waals surface area (Å²) in [5.74, 6) is -1.73. The number of halogens is 3. The van der Waals surface area contributed by atoms with E-state index in [9.17, 15) is 9.59 Å². The number of carboxylic acid groups (broad SMARTS) is 2. The molecule has 2 aromatic heterocycles. The van der Waals surface area contributed by atoms with Crippen LogP contribution >= 0.6 is 34.8 Å². The molecule has 3 rings (SSSR count). The second-order valence-corrected chi connectivity index (χ2v) is 6.65. The third-order valence-electron chi connectivity index (χ3n) is 3.57. The lowest BCUT2D eigenvalue weighted by molar-refractivity contribution is 0.0686. The number of aromatic nitrogens is 2. The van der Waals surface area contributed by atoms with E-state index in [4.69, 9.17) is 45.0 Å². The lowest BCUT2D eigenvalue weighted by atomic mass is 9.93. The molecule has 2 heterocycles. The fraction of sp³-hybridized carbons (Fsp3) is 0.250. The van der Waals surface area contributed by atoms with Crippen molar-refractivity contribution in [1.82, 2.24) is 9.97 Å². The smallest absolute Gasteiger partial charge is 0.339 e. The fourth-order valence-corrected chi connectivity index (χ4v) is 2.54. The maximum Gasteiger partial charge on any atom is 0.339 e. The second kappa shape index (κ2) is 9.02. The average molecular weight is 419 g/mol. The minimum absolute atomic E-state index is 0.0538. The lowest BCUT2D eigenvalue weighted by Gasteiger charge is -2.27. The molecule has 3 N–H and O–H groups in total. The van der Waals surface area contributed by atoms with E-state index >= 15 is 0 Å². The quantitative estimate of drug-likeness (QED) is 0.627. The van der Waals surface area contributed by atoms with Crippen molar-refractivity contribution in [3.63, 3.8) is 0 Å². The standard InChI is InChI=1S/C10H11ClN2O2.C6H3Cl2NO2/c11-6-4-8(10(14)15)9(12-5-6)13-7-2-1-3-7;7-3-1-4(6(10)11)5(8)9-2-3/h4-5,7H,1-3H2,(H,12,13)(H,14,15);1-2H,(H,10,11). The van der Waals surface area contributed by atoms with Crippen LogP contribution in [0.4, 0.5) is 5.82 Å². The van der Waals surface area contributed by atoms with Crippen molar-refractivity contribution in [2.45, 2.75) is 25.3 Å². The van der Waals surface area contributed by atoms with Gasteiger partial charge in [0.15, 0.2) is 0 Å². The number of anilines is 1. The molecule has 7 nitrogen and oxygen atoms in total. The molecule has 2 aromatic rings. The summed E-state index contributed by atoms with van der Waals surface area (Å²) in [5.41, 5.74) is 0.0496. The molecule has 1 saturated carbocycles. The van der Waals surface area contributed by atoms with Gasteiger partial charge in [0.25, 0.3) is 0 Å². The first-order valence-electron chi connectivity index (χ1n) is 7.47. The zero-order valence-electron chi connectivity index (χ0n) is 13.2. The van der Waals surface area contributed by atoms with Gasteiger partial charge in [-0.3, -0.25) is 0 Å². The highest BCUT2D eigenvalue weighted by Gasteiger charge is 2.20. The summed E-state index contributed by atoms with van der Waals surface area (Å²) < 4.78 is 0. The van der Waals surface area contributed by atoms with Gasteiger partial charge in [-0.15, -0.1) is 0 Å². The van der Waals surface area contributed by atoms with Crippen LogP contribution in [0, 0.1) is 0 Å². The van der Waals surface area contributed by atoms with Crippen LogP contribution in [0.5, 0.6) is 0 Å². The Morgan fingerprint density at radius 3 is 1.96 bits per heavy atom. The molecule has 1 fully saturated rings. The van der Waals surface area contributed by atoms with Crippen LogP contribution in [0.25, 0.3) is 0 Å². The Hall–Kier alpha value is -2.09. The van der Waals surface area contributed by atoms with Crippen molar-refractivity contribution in [2.24, 2.45) is 0 Å². The van der Waals surface area contributed by atoms with Gasteiger partial charge in [-0.25, -0.2) is 19.6 Å². The molecule has 0 aliphatic heterocycles. The Balaban J connectivity index is 0.000000197. The van der Waals surface area contributed by atoms with Crippen LogP contribution < -0.4 is 5.32 Å². The maximum atomic E-state index is 10.9. The van der Waals surface area contributed by atoms with Crippen molar-refractivity contribution in [1.29, 1.82) is 0 Å². The third kappa shape index (κ3) is 5.45. The molecule has 10 heteroatoms. The van der Waals surface area contributed by atoms with Gasteiger partial charge < -0.3 is 15.5 Å². The highest BCUT2D eigenvalue weighted by Crippen LogP contribution is 2.25. The van der Waals surface area contributed by atoms with Crippen LogP contribution in [0.2, 0.25) is 15.2 Å². The summed E-state index contributed by atoms with van der Waals surface area (Å²) in [6, 6.07) is 3.02. The van der Waals surface area contributed by atoms with E-state index in [1.54, 1.807) is 0 Å². The number of aromatic carboxylic acids is 2. The van der Waals surface area contributed by atoms with Crippen LogP contribution in [0.3, 0.4) is 0 Å². The van der Waals surface area contributed by atoms with Gasteiger partial charge in [-0.2, -0.15) is 0 Å². The predicted molar refractivity (Wildman–Crippen MR) is 98.7 cm³/mol. The topological polar surface area (TPSA) is 112 Å². The van der Waals surface area contributed by atoms with Gasteiger partial charge in [0.1, 0.15) is 16.5 Å². The van der Waals surface area contributed by atoms with Crippen molar-refractivity contribution in [3.8, 4) is 0 Å². The van der Waals surface area contributed by atoms with E-state index < -0.39 is 11.9 Å². The number of carboxylic acids is 2. The molecule has 0 aromatic carbocycles. The minimum Gasteiger partial charge on any atom is -0.478 e. The predicted octanol–water partition coefficient (Wildman–Crippen LogP) is 4.48. The largest absolute Gasteiger partial charge is 0.478 e. The molecule has 1 aliphatic rings. The fourth-order valence-electron chi connectivity index (χ4n) is 2.04. The molecule has 0 spiro atoms. The Kier molecular flexibility index (Phi) is 7.02. The number of pyridine rings is 2. The lowest BCUT2D eigenvalue weighted by Crippen LogP contribution is -2.28. The summed E-state index contributed by atoms with van der Waals surface area (Å²) >= 11 is 16.6. The van der Waals surface area contributed by atoms with Gasteiger partial charge in [0.05, 0.1) is 15.6 Å². The molecular formula is C16H14Cl3N3O4. The first-order chi connectivity index (χ1) is 12.3. The minimum atomic E-state index is -1.13. The molecule has 138 valence electrons. The Labute approximate surface area is 163 Å². The van der Waals surface area contributed by atoms with Gasteiger partial charge in [0.2, 0.25) is 0 Å². The van der Waals surface area contributed by atoms with Crippen molar-refractivity contribution < 1.29 is 19.8 Å². The van der Waals surface area contributed by atoms with E-state index in [1.807, 2.05) is 0 Å². The second-order valence-electron chi connectivity index (χ2n) is 5.42. The zero-order valence-corrected chi connectivity index (χ0v) is 15.5. The van der Waals surface area contributed by atoms with Crippen molar-refractivity contribution in [2.75, 3.05) is 5.32 Å².